The van der Waals surface area contributed by atoms with Gasteiger partial charge in [0.05, 0.1) is 19.6 Å². The van der Waals surface area contributed by atoms with Crippen LogP contribution in [0.15, 0.2) is 18.2 Å². The fourth-order valence-electron chi connectivity index (χ4n) is 3.16. The summed E-state index contributed by atoms with van der Waals surface area (Å²) in [5.74, 6) is 2.11. The van der Waals surface area contributed by atoms with Crippen molar-refractivity contribution < 1.29 is 9.53 Å². The van der Waals surface area contributed by atoms with E-state index in [0.717, 1.165) is 30.7 Å². The molecule has 24 heavy (non-hydrogen) atoms. The molecule has 3 rings (SSSR count). The lowest BCUT2D eigenvalue weighted by Crippen LogP contribution is -2.40. The molecule has 1 atom stereocenters. The maximum absolute atomic E-state index is 12.9. The summed E-state index contributed by atoms with van der Waals surface area (Å²) in [7, 11) is 1.58. The second kappa shape index (κ2) is 7.21. The van der Waals surface area contributed by atoms with E-state index >= 15 is 0 Å². The number of aryl methyl sites for hydroxylation is 1. The number of ether oxygens (including phenoxy) is 1. The van der Waals surface area contributed by atoms with Gasteiger partial charge in [0.15, 0.2) is 5.82 Å². The standard InChI is InChI=1S/C17H21ClN4O2/c1-11-19-17(21-20-11)14-7-3-4-9-22(14)16(23)10-12-13(18)6-5-8-15(12)24-2/h5-6,8,14H,3-4,7,9-10H2,1-2H3,(H,19,20,21)/t14-/m0/s1. The first kappa shape index (κ1) is 16.8. The van der Waals surface area contributed by atoms with Gasteiger partial charge in [0.1, 0.15) is 11.6 Å². The molecule has 1 fully saturated rings. The van der Waals surface area contributed by atoms with Crippen molar-refractivity contribution in [3.63, 3.8) is 0 Å². The largest absolute Gasteiger partial charge is 0.496 e. The van der Waals surface area contributed by atoms with Crippen LogP contribution in [0.1, 0.15) is 42.5 Å². The van der Waals surface area contributed by atoms with E-state index in [1.807, 2.05) is 24.0 Å². The van der Waals surface area contributed by atoms with Gasteiger partial charge >= 0.3 is 0 Å². The van der Waals surface area contributed by atoms with Crippen LogP contribution in [0, 0.1) is 6.92 Å². The summed E-state index contributed by atoms with van der Waals surface area (Å²) in [4.78, 5) is 19.2. The smallest absolute Gasteiger partial charge is 0.227 e. The number of aromatic amines is 1. The fraction of sp³-hybridized carbons (Fsp3) is 0.471. The summed E-state index contributed by atoms with van der Waals surface area (Å²) in [6.07, 6.45) is 3.15. The zero-order valence-electron chi connectivity index (χ0n) is 13.9. The number of hydrogen-bond donors (Lipinski definition) is 1. The second-order valence-electron chi connectivity index (χ2n) is 5.98. The maximum Gasteiger partial charge on any atom is 0.227 e. The molecule has 0 bridgehead atoms. The Morgan fingerprint density at radius 3 is 3.00 bits per heavy atom. The molecule has 1 aromatic carbocycles. The van der Waals surface area contributed by atoms with Crippen LogP contribution in [0.25, 0.3) is 0 Å². The predicted octanol–water partition coefficient (Wildman–Crippen LogP) is 3.07. The highest BCUT2D eigenvalue weighted by molar-refractivity contribution is 6.31. The Balaban J connectivity index is 1.83. The first-order valence-corrected chi connectivity index (χ1v) is 8.47. The molecule has 1 N–H and O–H groups in total. The highest BCUT2D eigenvalue weighted by Gasteiger charge is 2.31. The summed E-state index contributed by atoms with van der Waals surface area (Å²) in [5, 5.41) is 7.66. The van der Waals surface area contributed by atoms with Crippen molar-refractivity contribution >= 4 is 17.5 Å². The molecule has 0 saturated carbocycles. The first-order valence-electron chi connectivity index (χ1n) is 8.10. The van der Waals surface area contributed by atoms with Crippen LogP contribution in [-0.4, -0.2) is 39.6 Å². The number of halogens is 1. The number of carbonyl (C=O) groups excluding carboxylic acids is 1. The van der Waals surface area contributed by atoms with Crippen LogP contribution in [0.4, 0.5) is 0 Å². The van der Waals surface area contributed by atoms with Crippen molar-refractivity contribution in [1.29, 1.82) is 0 Å². The molecule has 1 aliphatic rings. The Hall–Kier alpha value is -2.08. The van der Waals surface area contributed by atoms with Gasteiger partial charge in [-0.2, -0.15) is 5.10 Å². The zero-order chi connectivity index (χ0) is 17.1. The second-order valence-corrected chi connectivity index (χ2v) is 6.38. The predicted molar refractivity (Wildman–Crippen MR) is 91.1 cm³/mol. The third kappa shape index (κ3) is 3.38. The minimum Gasteiger partial charge on any atom is -0.496 e. The monoisotopic (exact) mass is 348 g/mol. The minimum absolute atomic E-state index is 0.0218. The topological polar surface area (TPSA) is 71.1 Å². The number of hydrogen-bond acceptors (Lipinski definition) is 4. The summed E-state index contributed by atoms with van der Waals surface area (Å²) < 4.78 is 5.34. The molecule has 1 aliphatic heterocycles. The number of rotatable bonds is 4. The number of methoxy groups -OCH3 is 1. The number of carbonyl (C=O) groups is 1. The van der Waals surface area contributed by atoms with Gasteiger partial charge in [-0.3, -0.25) is 9.89 Å². The molecular weight excluding hydrogens is 328 g/mol. The number of likely N-dealkylation sites (tertiary alicyclic amines) is 1. The van der Waals surface area contributed by atoms with Gasteiger partial charge in [0, 0.05) is 17.1 Å². The van der Waals surface area contributed by atoms with Crippen LogP contribution < -0.4 is 4.74 Å². The number of nitrogens with one attached hydrogen (secondary N) is 1. The molecule has 0 unspecified atom stereocenters. The van der Waals surface area contributed by atoms with Crippen LogP contribution in [-0.2, 0) is 11.2 Å². The quantitative estimate of drug-likeness (QED) is 0.921. The average molecular weight is 349 g/mol. The molecule has 2 aromatic rings. The van der Waals surface area contributed by atoms with Crippen molar-refractivity contribution in [2.75, 3.05) is 13.7 Å². The average Bonchev–Trinajstić information content (AvgIpc) is 3.03. The van der Waals surface area contributed by atoms with Gasteiger partial charge < -0.3 is 9.64 Å². The maximum atomic E-state index is 12.9. The molecule has 7 heteroatoms. The summed E-state index contributed by atoms with van der Waals surface area (Å²) in [6, 6.07) is 5.33. The Labute approximate surface area is 146 Å². The van der Waals surface area contributed by atoms with Crippen LogP contribution in [0.5, 0.6) is 5.75 Å². The van der Waals surface area contributed by atoms with Crippen LogP contribution >= 0.6 is 11.6 Å². The summed E-state index contributed by atoms with van der Waals surface area (Å²) >= 11 is 6.27. The van der Waals surface area contributed by atoms with Crippen molar-refractivity contribution in [3.8, 4) is 5.75 Å². The molecule has 0 radical (unpaired) electrons. The molecule has 0 aliphatic carbocycles. The molecule has 1 saturated heterocycles. The highest BCUT2D eigenvalue weighted by Crippen LogP contribution is 2.32. The van der Waals surface area contributed by atoms with Crippen molar-refractivity contribution in [2.45, 2.75) is 38.6 Å². The van der Waals surface area contributed by atoms with Gasteiger partial charge in [0.2, 0.25) is 5.91 Å². The van der Waals surface area contributed by atoms with Gasteiger partial charge in [0.25, 0.3) is 0 Å². The normalized spacial score (nSPS) is 17.8. The van der Waals surface area contributed by atoms with Gasteiger partial charge in [-0.25, -0.2) is 4.98 Å². The van der Waals surface area contributed by atoms with E-state index in [9.17, 15) is 4.79 Å². The van der Waals surface area contributed by atoms with E-state index in [2.05, 4.69) is 15.2 Å². The van der Waals surface area contributed by atoms with Gasteiger partial charge in [-0.15, -0.1) is 0 Å². The number of benzene rings is 1. The Kier molecular flexibility index (Phi) is 5.04. The molecular formula is C17H21ClN4O2. The molecule has 2 heterocycles. The minimum atomic E-state index is -0.0790. The van der Waals surface area contributed by atoms with E-state index in [4.69, 9.17) is 16.3 Å². The third-order valence-corrected chi connectivity index (χ3v) is 4.71. The van der Waals surface area contributed by atoms with E-state index in [-0.39, 0.29) is 18.4 Å². The van der Waals surface area contributed by atoms with E-state index in [0.29, 0.717) is 23.1 Å². The number of amides is 1. The lowest BCUT2D eigenvalue weighted by molar-refractivity contribution is -0.134. The lowest BCUT2D eigenvalue weighted by atomic mass is 10.00. The number of aromatic nitrogens is 3. The summed E-state index contributed by atoms with van der Waals surface area (Å²) in [5.41, 5.74) is 0.724. The van der Waals surface area contributed by atoms with E-state index in [1.54, 1.807) is 13.2 Å². The number of nitrogens with zero attached hydrogens (tertiary/aromatic N) is 3. The SMILES string of the molecule is COc1cccc(Cl)c1CC(=O)N1CCCC[C@H]1c1n[nH]c(C)n1. The van der Waals surface area contributed by atoms with Crippen molar-refractivity contribution in [2.24, 2.45) is 0 Å². The first-order chi connectivity index (χ1) is 11.6. The lowest BCUT2D eigenvalue weighted by Gasteiger charge is -2.34. The molecule has 128 valence electrons. The molecule has 0 spiro atoms. The van der Waals surface area contributed by atoms with Crippen molar-refractivity contribution in [1.82, 2.24) is 20.1 Å². The molecule has 6 nitrogen and oxygen atoms in total. The fourth-order valence-corrected chi connectivity index (χ4v) is 3.39. The van der Waals surface area contributed by atoms with Gasteiger partial charge in [-0.1, -0.05) is 17.7 Å². The van der Waals surface area contributed by atoms with Gasteiger partial charge in [-0.05, 0) is 38.3 Å². The van der Waals surface area contributed by atoms with Crippen molar-refractivity contribution in [3.05, 3.63) is 40.4 Å². The Morgan fingerprint density at radius 1 is 1.46 bits per heavy atom. The molecule has 1 amide bonds. The molecule has 1 aromatic heterocycles. The van der Waals surface area contributed by atoms with Crippen LogP contribution in [0.3, 0.4) is 0 Å². The highest BCUT2D eigenvalue weighted by atomic mass is 35.5. The van der Waals surface area contributed by atoms with Crippen LogP contribution in [0.2, 0.25) is 5.02 Å². The Morgan fingerprint density at radius 2 is 2.29 bits per heavy atom. The Bertz CT molecular complexity index is 731. The number of piperidine rings is 1. The number of H-pyrrole nitrogens is 1. The van der Waals surface area contributed by atoms with E-state index in [1.165, 1.54) is 0 Å². The van der Waals surface area contributed by atoms with E-state index < -0.39 is 0 Å². The zero-order valence-corrected chi connectivity index (χ0v) is 14.6. The third-order valence-electron chi connectivity index (χ3n) is 4.36. The summed E-state index contributed by atoms with van der Waals surface area (Å²) in [6.45, 7) is 2.57.